The molecule has 2 aromatic carbocycles. The van der Waals surface area contributed by atoms with Gasteiger partial charge < -0.3 is 10.1 Å². The minimum absolute atomic E-state index is 0.0108. The van der Waals surface area contributed by atoms with Gasteiger partial charge in [0.05, 0.1) is 21.3 Å². The van der Waals surface area contributed by atoms with Crippen LogP contribution in [0.2, 0.25) is 10.0 Å². The summed E-state index contributed by atoms with van der Waals surface area (Å²) in [6, 6.07) is 10.5. The largest absolute Gasteiger partial charge is 0.452 e. The first-order valence-corrected chi connectivity index (χ1v) is 12.0. The van der Waals surface area contributed by atoms with E-state index in [-0.39, 0.29) is 15.5 Å². The van der Waals surface area contributed by atoms with Gasteiger partial charge in [0.25, 0.3) is 5.91 Å². The number of hydrogen-bond acceptors (Lipinski definition) is 5. The molecule has 10 heteroatoms. The van der Waals surface area contributed by atoms with Crippen LogP contribution in [0.4, 0.5) is 5.69 Å². The average Bonchev–Trinajstić information content (AvgIpc) is 3.04. The van der Waals surface area contributed by atoms with E-state index in [1.54, 1.807) is 24.3 Å². The van der Waals surface area contributed by atoms with E-state index in [2.05, 4.69) is 5.32 Å². The van der Waals surface area contributed by atoms with Gasteiger partial charge >= 0.3 is 5.97 Å². The molecule has 0 atom stereocenters. The minimum atomic E-state index is -3.85. The van der Waals surface area contributed by atoms with Gasteiger partial charge in [-0.2, -0.15) is 4.31 Å². The second-order valence-electron chi connectivity index (χ2n) is 7.07. The summed E-state index contributed by atoms with van der Waals surface area (Å²) >= 11 is 12.1. The molecular formula is C21H22Cl2N2O5S. The van der Waals surface area contributed by atoms with Crippen LogP contribution in [-0.2, 0) is 19.6 Å². The first-order valence-electron chi connectivity index (χ1n) is 9.80. The predicted octanol–water partition coefficient (Wildman–Crippen LogP) is 4.35. The molecule has 1 saturated heterocycles. The number of halogens is 2. The molecule has 166 valence electrons. The van der Waals surface area contributed by atoms with E-state index in [1.165, 1.54) is 22.5 Å². The summed E-state index contributed by atoms with van der Waals surface area (Å²) in [7, 11) is -3.85. The molecule has 0 radical (unpaired) electrons. The van der Waals surface area contributed by atoms with Gasteiger partial charge in [-0.25, -0.2) is 13.2 Å². The molecule has 0 unspecified atom stereocenters. The Kier molecular flexibility index (Phi) is 7.94. The summed E-state index contributed by atoms with van der Waals surface area (Å²) in [6.07, 6.45) is 3.50. The van der Waals surface area contributed by atoms with Crippen LogP contribution in [0.1, 0.15) is 36.0 Å². The Balaban J connectivity index is 1.69. The zero-order valence-electron chi connectivity index (χ0n) is 16.6. The molecule has 0 aliphatic carbocycles. The van der Waals surface area contributed by atoms with Crippen LogP contribution in [0.25, 0.3) is 0 Å². The van der Waals surface area contributed by atoms with Crippen LogP contribution in [0, 0.1) is 0 Å². The van der Waals surface area contributed by atoms with E-state index in [9.17, 15) is 18.0 Å². The summed E-state index contributed by atoms with van der Waals surface area (Å²) in [4.78, 5) is 24.3. The number of para-hydroxylation sites is 1. The number of rotatable bonds is 6. The maximum Gasteiger partial charge on any atom is 0.338 e. The molecule has 2 aromatic rings. The Morgan fingerprint density at radius 2 is 1.65 bits per heavy atom. The van der Waals surface area contributed by atoms with Gasteiger partial charge in [-0.05, 0) is 43.2 Å². The smallest absolute Gasteiger partial charge is 0.338 e. The van der Waals surface area contributed by atoms with Crippen molar-refractivity contribution in [3.8, 4) is 0 Å². The third-order valence-corrected chi connectivity index (χ3v) is 7.54. The van der Waals surface area contributed by atoms with Crippen molar-refractivity contribution < 1.29 is 22.7 Å². The van der Waals surface area contributed by atoms with Crippen molar-refractivity contribution >= 4 is 50.8 Å². The number of esters is 1. The number of ether oxygens (including phenoxy) is 1. The molecule has 0 bridgehead atoms. The van der Waals surface area contributed by atoms with E-state index >= 15 is 0 Å². The van der Waals surface area contributed by atoms with Gasteiger partial charge in [0.2, 0.25) is 10.0 Å². The molecule has 1 fully saturated rings. The van der Waals surface area contributed by atoms with Gasteiger partial charge in [-0.15, -0.1) is 0 Å². The molecule has 0 aromatic heterocycles. The Labute approximate surface area is 191 Å². The minimum Gasteiger partial charge on any atom is -0.452 e. The molecule has 1 aliphatic heterocycles. The molecule has 0 spiro atoms. The highest BCUT2D eigenvalue weighted by Crippen LogP contribution is 2.28. The molecule has 3 rings (SSSR count). The Morgan fingerprint density at radius 1 is 0.968 bits per heavy atom. The summed E-state index contributed by atoms with van der Waals surface area (Å²) in [5, 5.41) is 2.91. The first kappa shape index (κ1) is 23.5. The third kappa shape index (κ3) is 5.98. The molecule has 0 saturated carbocycles. The lowest BCUT2D eigenvalue weighted by Crippen LogP contribution is -2.32. The SMILES string of the molecule is O=C(COC(=O)c1ccc(Cl)c(S(=O)(=O)N2CCCCCC2)c1)Nc1ccccc1Cl. The van der Waals surface area contributed by atoms with Crippen LogP contribution in [0.15, 0.2) is 47.4 Å². The number of hydrogen-bond donors (Lipinski definition) is 1. The Morgan fingerprint density at radius 3 is 2.32 bits per heavy atom. The maximum atomic E-state index is 13.0. The van der Waals surface area contributed by atoms with Crippen molar-refractivity contribution in [2.45, 2.75) is 30.6 Å². The number of carbonyl (C=O) groups excluding carboxylic acids is 2. The van der Waals surface area contributed by atoms with Crippen molar-refractivity contribution in [1.29, 1.82) is 0 Å². The lowest BCUT2D eigenvalue weighted by Gasteiger charge is -2.21. The topological polar surface area (TPSA) is 92.8 Å². The molecule has 1 heterocycles. The normalized spacial score (nSPS) is 15.2. The van der Waals surface area contributed by atoms with Gasteiger partial charge in [0.15, 0.2) is 6.61 Å². The van der Waals surface area contributed by atoms with E-state index in [1.807, 2.05) is 0 Å². The monoisotopic (exact) mass is 484 g/mol. The number of amides is 1. The molecule has 1 amide bonds. The summed E-state index contributed by atoms with van der Waals surface area (Å²) in [6.45, 7) is 0.270. The van der Waals surface area contributed by atoms with Crippen molar-refractivity contribution in [1.82, 2.24) is 4.31 Å². The van der Waals surface area contributed by atoms with E-state index in [0.717, 1.165) is 25.7 Å². The second-order valence-corrected chi connectivity index (χ2v) is 9.79. The number of benzene rings is 2. The lowest BCUT2D eigenvalue weighted by atomic mass is 10.2. The Hall–Kier alpha value is -2.13. The number of anilines is 1. The van der Waals surface area contributed by atoms with Crippen LogP contribution in [0.5, 0.6) is 0 Å². The quantitative estimate of drug-likeness (QED) is 0.614. The van der Waals surface area contributed by atoms with Gasteiger partial charge in [-0.3, -0.25) is 4.79 Å². The summed E-state index contributed by atoms with van der Waals surface area (Å²) in [5.74, 6) is -1.41. The fourth-order valence-corrected chi connectivity index (χ4v) is 5.41. The van der Waals surface area contributed by atoms with E-state index in [0.29, 0.717) is 23.8 Å². The van der Waals surface area contributed by atoms with Crippen LogP contribution < -0.4 is 5.32 Å². The maximum absolute atomic E-state index is 13.0. The fourth-order valence-electron chi connectivity index (χ4n) is 3.21. The number of sulfonamides is 1. The summed E-state index contributed by atoms with van der Waals surface area (Å²) in [5.41, 5.74) is 0.380. The molecule has 7 nitrogen and oxygen atoms in total. The van der Waals surface area contributed by atoms with Crippen LogP contribution in [-0.4, -0.2) is 44.3 Å². The zero-order chi connectivity index (χ0) is 22.4. The molecular weight excluding hydrogens is 463 g/mol. The van der Waals surface area contributed by atoms with Crippen LogP contribution >= 0.6 is 23.2 Å². The highest BCUT2D eigenvalue weighted by Gasteiger charge is 2.28. The number of nitrogens with one attached hydrogen (secondary N) is 1. The van der Waals surface area contributed by atoms with Crippen molar-refractivity contribution in [2.24, 2.45) is 0 Å². The van der Waals surface area contributed by atoms with Gasteiger partial charge in [0.1, 0.15) is 4.90 Å². The number of nitrogens with zero attached hydrogens (tertiary/aromatic N) is 1. The fraction of sp³-hybridized carbons (Fsp3) is 0.333. The van der Waals surface area contributed by atoms with Crippen molar-refractivity contribution in [2.75, 3.05) is 25.0 Å². The highest BCUT2D eigenvalue weighted by molar-refractivity contribution is 7.89. The molecule has 31 heavy (non-hydrogen) atoms. The molecule has 1 N–H and O–H groups in total. The number of carbonyl (C=O) groups is 2. The second kappa shape index (κ2) is 10.5. The summed E-state index contributed by atoms with van der Waals surface area (Å²) < 4.78 is 32.5. The van der Waals surface area contributed by atoms with Gasteiger partial charge in [0, 0.05) is 13.1 Å². The van der Waals surface area contributed by atoms with Crippen molar-refractivity contribution in [3.63, 3.8) is 0 Å². The average molecular weight is 485 g/mol. The molecule has 1 aliphatic rings. The Bertz CT molecular complexity index is 1070. The zero-order valence-corrected chi connectivity index (χ0v) is 19.0. The van der Waals surface area contributed by atoms with E-state index in [4.69, 9.17) is 27.9 Å². The predicted molar refractivity (Wildman–Crippen MR) is 119 cm³/mol. The lowest BCUT2D eigenvalue weighted by molar-refractivity contribution is -0.119. The standard InChI is InChI=1S/C21H22Cl2N2O5S/c22-16-7-3-4-8-18(16)24-20(26)14-30-21(27)15-9-10-17(23)19(13-15)31(28,29)25-11-5-1-2-6-12-25/h3-4,7-10,13H,1-2,5-6,11-12,14H2,(H,24,26). The third-order valence-electron chi connectivity index (χ3n) is 4.83. The van der Waals surface area contributed by atoms with Crippen molar-refractivity contribution in [3.05, 3.63) is 58.1 Å². The van der Waals surface area contributed by atoms with Gasteiger partial charge in [-0.1, -0.05) is 48.2 Å². The first-order chi connectivity index (χ1) is 14.8. The van der Waals surface area contributed by atoms with E-state index < -0.39 is 28.5 Å². The van der Waals surface area contributed by atoms with Crippen LogP contribution in [0.3, 0.4) is 0 Å². The highest BCUT2D eigenvalue weighted by atomic mass is 35.5.